The molecule has 1 aliphatic rings. The van der Waals surface area contributed by atoms with Crippen LogP contribution < -0.4 is 5.32 Å². The van der Waals surface area contributed by atoms with E-state index in [0.717, 1.165) is 12.6 Å². The minimum atomic E-state index is 0.231. The molecule has 0 aromatic heterocycles. The van der Waals surface area contributed by atoms with Gasteiger partial charge in [0.25, 0.3) is 0 Å². The molecule has 2 N–H and O–H groups in total. The van der Waals surface area contributed by atoms with Gasteiger partial charge in [-0.3, -0.25) is 0 Å². The van der Waals surface area contributed by atoms with Crippen LogP contribution in [0.25, 0.3) is 0 Å². The summed E-state index contributed by atoms with van der Waals surface area (Å²) >= 11 is 1.75. The van der Waals surface area contributed by atoms with E-state index in [2.05, 4.69) is 30.4 Å². The van der Waals surface area contributed by atoms with E-state index in [-0.39, 0.29) is 11.9 Å². The van der Waals surface area contributed by atoms with E-state index < -0.39 is 0 Å². The molecule has 0 bridgehead atoms. The van der Waals surface area contributed by atoms with Crippen molar-refractivity contribution in [1.82, 2.24) is 5.32 Å². The van der Waals surface area contributed by atoms with Gasteiger partial charge < -0.3 is 10.4 Å². The van der Waals surface area contributed by atoms with Crippen molar-refractivity contribution < 1.29 is 5.11 Å². The molecule has 17 heavy (non-hydrogen) atoms. The molecule has 0 radical (unpaired) electrons. The first-order chi connectivity index (χ1) is 8.19. The van der Waals surface area contributed by atoms with Crippen LogP contribution in [0.4, 0.5) is 0 Å². The van der Waals surface area contributed by atoms with E-state index in [1.165, 1.54) is 28.9 Å². The molecule has 3 heteroatoms. The average Bonchev–Trinajstić information content (AvgIpc) is 3.13. The number of nitrogens with one attached hydrogen (secondary N) is 1. The summed E-state index contributed by atoms with van der Waals surface area (Å²) in [6.45, 7) is 5.40. The molecule has 1 fully saturated rings. The second-order valence-electron chi connectivity index (χ2n) is 4.87. The largest absolute Gasteiger partial charge is 0.395 e. The molecule has 1 unspecified atom stereocenters. The van der Waals surface area contributed by atoms with Crippen molar-refractivity contribution >= 4 is 11.8 Å². The quantitative estimate of drug-likeness (QED) is 0.763. The topological polar surface area (TPSA) is 32.3 Å². The highest BCUT2D eigenvalue weighted by Crippen LogP contribution is 2.27. The van der Waals surface area contributed by atoms with E-state index in [1.807, 2.05) is 6.92 Å². The van der Waals surface area contributed by atoms with Crippen molar-refractivity contribution in [1.29, 1.82) is 0 Å². The van der Waals surface area contributed by atoms with Crippen LogP contribution in [0.15, 0.2) is 23.1 Å². The minimum Gasteiger partial charge on any atom is -0.395 e. The fourth-order valence-corrected chi connectivity index (χ4v) is 2.66. The summed E-state index contributed by atoms with van der Waals surface area (Å²) in [4.78, 5) is 1.28. The second-order valence-corrected chi connectivity index (χ2v) is 6.35. The van der Waals surface area contributed by atoms with E-state index in [1.54, 1.807) is 11.8 Å². The first kappa shape index (κ1) is 12.9. The highest BCUT2D eigenvalue weighted by molar-refractivity contribution is 8.00. The lowest BCUT2D eigenvalue weighted by molar-refractivity contribution is 0.300. The van der Waals surface area contributed by atoms with Gasteiger partial charge in [0.1, 0.15) is 0 Å². The normalized spacial score (nSPS) is 17.1. The molecule has 2 rings (SSSR count). The van der Waals surface area contributed by atoms with Crippen LogP contribution >= 0.6 is 11.8 Å². The van der Waals surface area contributed by atoms with Gasteiger partial charge in [0, 0.05) is 22.7 Å². The Balaban J connectivity index is 1.94. The number of hydrogen-bond acceptors (Lipinski definition) is 3. The van der Waals surface area contributed by atoms with Gasteiger partial charge in [0.15, 0.2) is 0 Å². The smallest absolute Gasteiger partial charge is 0.0550 e. The Labute approximate surface area is 108 Å². The molecule has 1 aliphatic carbocycles. The van der Waals surface area contributed by atoms with Crippen LogP contribution in [0.5, 0.6) is 0 Å². The molecule has 2 nitrogen and oxygen atoms in total. The van der Waals surface area contributed by atoms with Gasteiger partial charge in [-0.25, -0.2) is 0 Å². The van der Waals surface area contributed by atoms with Crippen molar-refractivity contribution in [2.45, 2.75) is 49.4 Å². The van der Waals surface area contributed by atoms with Crippen LogP contribution in [0.2, 0.25) is 0 Å². The summed E-state index contributed by atoms with van der Waals surface area (Å²) in [6.07, 6.45) is 2.67. The monoisotopic (exact) mass is 251 g/mol. The van der Waals surface area contributed by atoms with E-state index in [4.69, 9.17) is 5.11 Å². The maximum absolute atomic E-state index is 9.06. The third-order valence-electron chi connectivity index (χ3n) is 3.00. The molecule has 0 saturated heterocycles. The van der Waals surface area contributed by atoms with Gasteiger partial charge >= 0.3 is 0 Å². The molecule has 94 valence electrons. The Morgan fingerprint density at radius 2 is 2.24 bits per heavy atom. The Hall–Kier alpha value is -0.510. The van der Waals surface area contributed by atoms with E-state index >= 15 is 0 Å². The fraction of sp³-hybridized carbons (Fsp3) is 0.571. The highest BCUT2D eigenvalue weighted by Gasteiger charge is 2.19. The summed E-state index contributed by atoms with van der Waals surface area (Å²) in [6, 6.07) is 7.38. The first-order valence-electron chi connectivity index (χ1n) is 6.29. The molecule has 0 amide bonds. The summed E-state index contributed by atoms with van der Waals surface area (Å²) < 4.78 is 0. The van der Waals surface area contributed by atoms with Gasteiger partial charge in [-0.1, -0.05) is 19.1 Å². The van der Waals surface area contributed by atoms with Crippen molar-refractivity contribution in [2.24, 2.45) is 0 Å². The summed E-state index contributed by atoms with van der Waals surface area (Å²) in [5.74, 6) is 0. The number of rotatable bonds is 6. The van der Waals surface area contributed by atoms with Gasteiger partial charge in [-0.15, -0.1) is 11.8 Å². The lowest BCUT2D eigenvalue weighted by Gasteiger charge is -2.12. The third-order valence-corrected chi connectivity index (χ3v) is 4.26. The molecule has 0 heterocycles. The summed E-state index contributed by atoms with van der Waals surface area (Å²) in [5, 5.41) is 12.9. The van der Waals surface area contributed by atoms with Crippen molar-refractivity contribution in [3.05, 3.63) is 29.3 Å². The predicted molar refractivity (Wildman–Crippen MR) is 73.4 cm³/mol. The summed E-state index contributed by atoms with van der Waals surface area (Å²) in [5.41, 5.74) is 2.67. The zero-order valence-corrected chi connectivity index (χ0v) is 11.4. The Kier molecular flexibility index (Phi) is 4.48. The SMILES string of the molecule is Cc1cc(CNC2CC2)ccc1SC(C)CO. The predicted octanol–water partition coefficient (Wildman–Crippen LogP) is 2.72. The maximum Gasteiger partial charge on any atom is 0.0550 e. The number of aliphatic hydroxyl groups excluding tert-OH is 1. The highest BCUT2D eigenvalue weighted by atomic mass is 32.2. The van der Waals surface area contributed by atoms with Crippen LogP contribution in [0, 0.1) is 6.92 Å². The van der Waals surface area contributed by atoms with Gasteiger partial charge in [0.2, 0.25) is 0 Å². The molecule has 0 aliphatic heterocycles. The lowest BCUT2D eigenvalue weighted by atomic mass is 10.1. The van der Waals surface area contributed by atoms with E-state index in [9.17, 15) is 0 Å². The van der Waals surface area contributed by atoms with Crippen LogP contribution in [-0.4, -0.2) is 23.0 Å². The summed E-state index contributed by atoms with van der Waals surface area (Å²) in [7, 11) is 0. The van der Waals surface area contributed by atoms with Crippen LogP contribution in [0.3, 0.4) is 0 Å². The lowest BCUT2D eigenvalue weighted by Crippen LogP contribution is -2.15. The zero-order valence-electron chi connectivity index (χ0n) is 10.6. The molecule has 1 aromatic rings. The van der Waals surface area contributed by atoms with Crippen molar-refractivity contribution in [2.75, 3.05) is 6.61 Å². The van der Waals surface area contributed by atoms with Crippen LogP contribution in [-0.2, 0) is 6.54 Å². The number of aliphatic hydroxyl groups is 1. The zero-order chi connectivity index (χ0) is 12.3. The Bertz CT molecular complexity index is 376. The molecule has 1 aromatic carbocycles. The van der Waals surface area contributed by atoms with Gasteiger partial charge in [0.05, 0.1) is 6.61 Å². The molecular formula is C14H21NOS. The standard InChI is InChI=1S/C14H21NOS/c1-10-7-12(8-15-13-4-5-13)3-6-14(10)17-11(2)9-16/h3,6-7,11,13,15-16H,4-5,8-9H2,1-2H3. The third kappa shape index (κ3) is 4.02. The second kappa shape index (κ2) is 5.89. The van der Waals surface area contributed by atoms with Crippen molar-refractivity contribution in [3.8, 4) is 0 Å². The van der Waals surface area contributed by atoms with Gasteiger partial charge in [-0.05, 0) is 37.0 Å². The Morgan fingerprint density at radius 1 is 1.47 bits per heavy atom. The number of benzene rings is 1. The molecular weight excluding hydrogens is 230 g/mol. The maximum atomic E-state index is 9.06. The number of thioether (sulfide) groups is 1. The number of aryl methyl sites for hydroxylation is 1. The minimum absolute atomic E-state index is 0.231. The molecule has 1 atom stereocenters. The Morgan fingerprint density at radius 3 is 2.82 bits per heavy atom. The average molecular weight is 251 g/mol. The van der Waals surface area contributed by atoms with Crippen LogP contribution in [0.1, 0.15) is 30.9 Å². The van der Waals surface area contributed by atoms with E-state index in [0.29, 0.717) is 0 Å². The molecule has 0 spiro atoms. The fourth-order valence-electron chi connectivity index (χ4n) is 1.76. The van der Waals surface area contributed by atoms with Crippen molar-refractivity contribution in [3.63, 3.8) is 0 Å². The first-order valence-corrected chi connectivity index (χ1v) is 7.17. The van der Waals surface area contributed by atoms with Gasteiger partial charge in [-0.2, -0.15) is 0 Å². The number of hydrogen-bond donors (Lipinski definition) is 2. The molecule has 1 saturated carbocycles.